The minimum absolute atomic E-state index is 0.0647. The van der Waals surface area contributed by atoms with Gasteiger partial charge in [-0.3, -0.25) is 9.59 Å². The van der Waals surface area contributed by atoms with Gasteiger partial charge in [-0.2, -0.15) is 0 Å². The largest absolute Gasteiger partial charge is 0.494 e. The van der Waals surface area contributed by atoms with Crippen molar-refractivity contribution in [2.45, 2.75) is 90.3 Å². The maximum atomic E-state index is 14.2. The van der Waals surface area contributed by atoms with Gasteiger partial charge in [-0.25, -0.2) is 0 Å². The van der Waals surface area contributed by atoms with Gasteiger partial charge in [0.05, 0.1) is 38.6 Å². The predicted octanol–water partition coefficient (Wildman–Crippen LogP) is 11.8. The molecule has 2 saturated heterocycles. The van der Waals surface area contributed by atoms with E-state index in [1.54, 1.807) is 0 Å². The Balaban J connectivity index is 0.993. The first-order valence-electron chi connectivity index (χ1n) is 22.1. The van der Waals surface area contributed by atoms with Gasteiger partial charge in [0.2, 0.25) is 0 Å². The molecule has 314 valence electrons. The number of amides is 2. The minimum Gasteiger partial charge on any atom is -0.494 e. The molecule has 5 aromatic rings. The SMILES string of the molecule is CCCCN(C(=O)c1ccc(-c2ccc(OCCCCC3CO3)cc2)cc1)c1cccc(N(CCCC)C(=O)c2ccc(-c3ccc(OCCCCC4CO4)cc3)cc2)c1. The summed E-state index contributed by atoms with van der Waals surface area (Å²) in [5.74, 6) is 1.59. The Labute approximate surface area is 356 Å². The third kappa shape index (κ3) is 12.3. The molecule has 0 aromatic heterocycles. The lowest BCUT2D eigenvalue weighted by Gasteiger charge is -2.27. The van der Waals surface area contributed by atoms with E-state index in [2.05, 4.69) is 38.1 Å². The first kappa shape index (κ1) is 42.7. The fourth-order valence-corrected chi connectivity index (χ4v) is 7.36. The number of hydrogen-bond acceptors (Lipinski definition) is 6. The highest BCUT2D eigenvalue weighted by atomic mass is 16.6. The molecule has 0 bridgehead atoms. The summed E-state index contributed by atoms with van der Waals surface area (Å²) in [6.07, 6.45) is 11.1. The van der Waals surface area contributed by atoms with Gasteiger partial charge in [-0.15, -0.1) is 0 Å². The zero-order chi connectivity index (χ0) is 41.5. The van der Waals surface area contributed by atoms with Crippen molar-refractivity contribution in [2.24, 2.45) is 0 Å². The Morgan fingerprint density at radius 3 is 1.23 bits per heavy atom. The highest BCUT2D eigenvalue weighted by molar-refractivity contribution is 6.08. The highest BCUT2D eigenvalue weighted by Gasteiger charge is 2.23. The monoisotopic (exact) mass is 808 g/mol. The number of carbonyl (C=O) groups is 2. The molecule has 2 aliphatic heterocycles. The molecule has 60 heavy (non-hydrogen) atoms. The Kier molecular flexibility index (Phi) is 15.4. The first-order chi connectivity index (χ1) is 29.5. The van der Waals surface area contributed by atoms with Gasteiger partial charge in [0.25, 0.3) is 11.8 Å². The third-order valence-electron chi connectivity index (χ3n) is 11.2. The molecule has 2 atom stereocenters. The lowest BCUT2D eigenvalue weighted by Crippen LogP contribution is -2.34. The number of carbonyl (C=O) groups excluding carboxylic acids is 2. The quantitative estimate of drug-likeness (QED) is 0.0456. The molecule has 2 heterocycles. The van der Waals surface area contributed by atoms with Crippen molar-refractivity contribution in [3.8, 4) is 33.8 Å². The number of ether oxygens (including phenoxy) is 4. The van der Waals surface area contributed by atoms with E-state index in [0.717, 1.165) is 123 Å². The van der Waals surface area contributed by atoms with Crippen LogP contribution in [0.1, 0.15) is 98.8 Å². The summed E-state index contributed by atoms with van der Waals surface area (Å²) in [7, 11) is 0. The molecule has 8 nitrogen and oxygen atoms in total. The van der Waals surface area contributed by atoms with Crippen molar-refractivity contribution >= 4 is 23.2 Å². The van der Waals surface area contributed by atoms with E-state index < -0.39 is 0 Å². The molecular formula is C52H60N2O6. The zero-order valence-corrected chi connectivity index (χ0v) is 35.4. The van der Waals surface area contributed by atoms with Crippen LogP contribution >= 0.6 is 0 Å². The molecule has 2 amide bonds. The molecule has 7 rings (SSSR count). The summed E-state index contributed by atoms with van der Waals surface area (Å²) in [4.78, 5) is 32.1. The molecule has 0 N–H and O–H groups in total. The number of anilines is 2. The number of epoxide rings is 2. The van der Waals surface area contributed by atoms with Crippen LogP contribution in [0.5, 0.6) is 11.5 Å². The molecule has 0 radical (unpaired) electrons. The van der Waals surface area contributed by atoms with Crippen LogP contribution in [0.15, 0.2) is 121 Å². The molecule has 0 aliphatic carbocycles. The first-order valence-corrected chi connectivity index (χ1v) is 22.1. The van der Waals surface area contributed by atoms with Gasteiger partial charge in [-0.05, 0) is 140 Å². The number of unbranched alkanes of at least 4 members (excludes halogenated alkanes) is 4. The maximum Gasteiger partial charge on any atom is 0.258 e. The second-order valence-corrected chi connectivity index (χ2v) is 15.9. The zero-order valence-electron chi connectivity index (χ0n) is 35.4. The average Bonchev–Trinajstić information content (AvgIpc) is 4.25. The second kappa shape index (κ2) is 21.7. The number of hydrogen-bond donors (Lipinski definition) is 0. The summed E-state index contributed by atoms with van der Waals surface area (Å²) >= 11 is 0. The maximum absolute atomic E-state index is 14.2. The van der Waals surface area contributed by atoms with Gasteiger partial charge >= 0.3 is 0 Å². The van der Waals surface area contributed by atoms with Crippen LogP contribution in [0.4, 0.5) is 11.4 Å². The lowest BCUT2D eigenvalue weighted by molar-refractivity contribution is 0.0980. The van der Waals surface area contributed by atoms with Crippen LogP contribution in [-0.2, 0) is 9.47 Å². The van der Waals surface area contributed by atoms with Gasteiger partial charge in [-0.1, -0.05) is 81.3 Å². The highest BCUT2D eigenvalue weighted by Crippen LogP contribution is 2.30. The van der Waals surface area contributed by atoms with Crippen LogP contribution in [0.2, 0.25) is 0 Å². The topological polar surface area (TPSA) is 84.1 Å². The molecule has 2 aliphatic rings. The van der Waals surface area contributed by atoms with Crippen molar-refractivity contribution in [2.75, 3.05) is 49.3 Å². The third-order valence-corrected chi connectivity index (χ3v) is 11.2. The summed E-state index contributed by atoms with van der Waals surface area (Å²) in [6, 6.07) is 39.8. The summed E-state index contributed by atoms with van der Waals surface area (Å²) in [5, 5.41) is 0. The minimum atomic E-state index is -0.0647. The van der Waals surface area contributed by atoms with E-state index >= 15 is 0 Å². The van der Waals surface area contributed by atoms with Crippen LogP contribution in [0.25, 0.3) is 22.3 Å². The van der Waals surface area contributed by atoms with Gasteiger partial charge < -0.3 is 28.7 Å². The Morgan fingerprint density at radius 1 is 0.517 bits per heavy atom. The normalized spacial score (nSPS) is 15.3. The van der Waals surface area contributed by atoms with Crippen molar-refractivity contribution in [3.05, 3.63) is 132 Å². The number of benzene rings is 5. The van der Waals surface area contributed by atoms with E-state index in [9.17, 15) is 9.59 Å². The average molecular weight is 809 g/mol. The van der Waals surface area contributed by atoms with E-state index in [1.165, 1.54) is 0 Å². The summed E-state index contributed by atoms with van der Waals surface area (Å²) in [5.41, 5.74) is 6.98. The summed E-state index contributed by atoms with van der Waals surface area (Å²) < 4.78 is 22.5. The van der Waals surface area contributed by atoms with Crippen LogP contribution < -0.4 is 19.3 Å². The van der Waals surface area contributed by atoms with E-state index in [1.807, 2.05) is 107 Å². The second-order valence-electron chi connectivity index (χ2n) is 15.9. The van der Waals surface area contributed by atoms with E-state index in [0.29, 0.717) is 49.6 Å². The van der Waals surface area contributed by atoms with Gasteiger partial charge in [0.15, 0.2) is 0 Å². The van der Waals surface area contributed by atoms with Crippen LogP contribution in [0.3, 0.4) is 0 Å². The predicted molar refractivity (Wildman–Crippen MR) is 242 cm³/mol. The number of rotatable bonds is 24. The smallest absolute Gasteiger partial charge is 0.258 e. The molecule has 0 spiro atoms. The lowest BCUT2D eigenvalue weighted by atomic mass is 10.0. The fraction of sp³-hybridized carbons (Fsp3) is 0.385. The van der Waals surface area contributed by atoms with Crippen LogP contribution in [0, 0.1) is 0 Å². The van der Waals surface area contributed by atoms with Gasteiger partial charge in [0, 0.05) is 35.6 Å². The van der Waals surface area contributed by atoms with Crippen LogP contribution in [-0.4, -0.2) is 63.5 Å². The molecule has 2 fully saturated rings. The Hall–Kier alpha value is -5.44. The molecule has 0 saturated carbocycles. The molecular weight excluding hydrogens is 749 g/mol. The summed E-state index contributed by atoms with van der Waals surface area (Å²) in [6.45, 7) is 8.63. The molecule has 8 heteroatoms. The Bertz CT molecular complexity index is 1940. The fourth-order valence-electron chi connectivity index (χ4n) is 7.36. The Morgan fingerprint density at radius 2 is 0.883 bits per heavy atom. The van der Waals surface area contributed by atoms with E-state index in [4.69, 9.17) is 18.9 Å². The molecule has 5 aromatic carbocycles. The van der Waals surface area contributed by atoms with E-state index in [-0.39, 0.29) is 11.8 Å². The van der Waals surface area contributed by atoms with Crippen molar-refractivity contribution in [1.29, 1.82) is 0 Å². The standard InChI is InChI=1S/C52H60N2O6/c1-3-5-32-53(51(55)43-20-16-39(17-21-43)41-24-28-47(29-25-41)57-34-9-7-14-49-37-59-49)45-12-11-13-46(36-45)54(33-6-4-2)52(56)44-22-18-40(19-23-44)42-26-30-48(31-27-42)58-35-10-8-15-50-38-60-50/h11-13,16-31,36,49-50H,3-10,14-15,32-35,37-38H2,1-2H3. The van der Waals surface area contributed by atoms with Gasteiger partial charge in [0.1, 0.15) is 11.5 Å². The molecule has 2 unspecified atom stereocenters. The van der Waals surface area contributed by atoms with Crippen molar-refractivity contribution in [1.82, 2.24) is 0 Å². The van der Waals surface area contributed by atoms with Crippen molar-refractivity contribution in [3.63, 3.8) is 0 Å². The number of nitrogens with zero attached hydrogens (tertiary/aromatic N) is 2. The van der Waals surface area contributed by atoms with Crippen molar-refractivity contribution < 1.29 is 28.5 Å².